The second-order valence-electron chi connectivity index (χ2n) is 10.5. The number of aryl methyl sites for hydroxylation is 1. The molecule has 2 amide bonds. The molecule has 0 fully saturated rings. The van der Waals surface area contributed by atoms with Gasteiger partial charge >= 0.3 is 0 Å². The number of hydrogen-bond acceptors (Lipinski definition) is 5. The highest BCUT2D eigenvalue weighted by Crippen LogP contribution is 2.33. The van der Waals surface area contributed by atoms with Crippen LogP contribution in [-0.4, -0.2) is 51.8 Å². The van der Waals surface area contributed by atoms with Crippen molar-refractivity contribution >= 4 is 46.5 Å². The second-order valence-corrected chi connectivity index (χ2v) is 12.3. The molecule has 7 nitrogen and oxygen atoms in total. The first kappa shape index (κ1) is 31.6. The smallest absolute Gasteiger partial charge is 0.273 e. The lowest BCUT2D eigenvalue weighted by molar-refractivity contribution is 0.0860. The first-order valence-corrected chi connectivity index (χ1v) is 14.7. The van der Waals surface area contributed by atoms with Crippen LogP contribution in [0.15, 0.2) is 12.3 Å². The molecule has 0 spiro atoms. The minimum absolute atomic E-state index is 0.0899. The van der Waals surface area contributed by atoms with Gasteiger partial charge in [0.05, 0.1) is 5.54 Å². The van der Waals surface area contributed by atoms with Crippen LogP contribution in [0.3, 0.4) is 0 Å². The first-order valence-electron chi connectivity index (χ1n) is 13.2. The van der Waals surface area contributed by atoms with Gasteiger partial charge in [-0.15, -0.1) is 0 Å². The number of unbranched alkanes of at least 4 members (excludes halogenated alkanes) is 1. The predicted molar refractivity (Wildman–Crippen MR) is 155 cm³/mol. The van der Waals surface area contributed by atoms with Crippen molar-refractivity contribution in [2.75, 3.05) is 20.6 Å². The Balaban J connectivity index is 2.37. The molecule has 1 unspecified atom stereocenters. The molecule has 0 aromatic carbocycles. The Morgan fingerprint density at radius 1 is 1.03 bits per heavy atom. The van der Waals surface area contributed by atoms with Crippen LogP contribution in [0.2, 0.25) is 9.36 Å². The van der Waals surface area contributed by atoms with E-state index in [0.29, 0.717) is 12.1 Å². The molecule has 37 heavy (non-hydrogen) atoms. The number of aromatic nitrogens is 2. The van der Waals surface area contributed by atoms with E-state index in [1.54, 1.807) is 0 Å². The first-order chi connectivity index (χ1) is 17.4. The standard InChI is InChI=1S/C27H43Cl2N5O2S/c1-8-11-14-26(4,30-25(36)22-21(28)23(29)37-32-22)19-17-20(34(7)18-19)24(35)31-27(12-9-2,13-10-3)15-16-33(5)6/h17-18H,8-16H2,1-7H3,(H,30,36)(H,31,35). The van der Waals surface area contributed by atoms with E-state index in [1.807, 2.05) is 30.8 Å². The molecular weight excluding hydrogens is 529 g/mol. The number of nitrogens with one attached hydrogen (secondary N) is 2. The minimum atomic E-state index is -0.711. The van der Waals surface area contributed by atoms with Gasteiger partial charge in [-0.3, -0.25) is 9.59 Å². The zero-order chi connectivity index (χ0) is 27.8. The van der Waals surface area contributed by atoms with E-state index >= 15 is 0 Å². The quantitative estimate of drug-likeness (QED) is 0.251. The molecule has 0 bridgehead atoms. The zero-order valence-corrected chi connectivity index (χ0v) is 25.7. The fraction of sp³-hybridized carbons (Fsp3) is 0.667. The summed E-state index contributed by atoms with van der Waals surface area (Å²) in [7, 11) is 6.00. The van der Waals surface area contributed by atoms with E-state index in [1.165, 1.54) is 0 Å². The predicted octanol–water partition coefficient (Wildman–Crippen LogP) is 6.64. The topological polar surface area (TPSA) is 79.3 Å². The maximum absolute atomic E-state index is 13.6. The van der Waals surface area contributed by atoms with Crippen molar-refractivity contribution in [3.63, 3.8) is 0 Å². The summed E-state index contributed by atoms with van der Waals surface area (Å²) in [6.45, 7) is 9.32. The van der Waals surface area contributed by atoms with E-state index in [9.17, 15) is 9.59 Å². The van der Waals surface area contributed by atoms with Gasteiger partial charge in [0.2, 0.25) is 0 Å². The van der Waals surface area contributed by atoms with Crippen LogP contribution < -0.4 is 10.6 Å². The van der Waals surface area contributed by atoms with E-state index in [2.05, 4.69) is 54.8 Å². The molecule has 0 saturated heterocycles. The van der Waals surface area contributed by atoms with Crippen molar-refractivity contribution in [2.24, 2.45) is 7.05 Å². The van der Waals surface area contributed by atoms with Gasteiger partial charge in [-0.2, -0.15) is 4.37 Å². The molecule has 0 saturated carbocycles. The van der Waals surface area contributed by atoms with Crippen LogP contribution in [0.25, 0.3) is 0 Å². The van der Waals surface area contributed by atoms with Crippen molar-refractivity contribution < 1.29 is 9.59 Å². The monoisotopic (exact) mass is 571 g/mol. The third-order valence-corrected chi connectivity index (χ3v) is 8.59. The van der Waals surface area contributed by atoms with Crippen LogP contribution >= 0.6 is 34.7 Å². The summed E-state index contributed by atoms with van der Waals surface area (Å²) < 4.78 is 6.26. The van der Waals surface area contributed by atoms with Gasteiger partial charge in [0.15, 0.2) is 5.69 Å². The maximum atomic E-state index is 13.6. The van der Waals surface area contributed by atoms with E-state index in [-0.39, 0.29) is 32.4 Å². The van der Waals surface area contributed by atoms with Gasteiger partial charge in [0.1, 0.15) is 15.1 Å². The molecule has 2 aromatic rings. The van der Waals surface area contributed by atoms with Gasteiger partial charge in [0.25, 0.3) is 11.8 Å². The van der Waals surface area contributed by atoms with E-state index in [4.69, 9.17) is 23.2 Å². The van der Waals surface area contributed by atoms with Gasteiger partial charge in [-0.05, 0) is 76.4 Å². The van der Waals surface area contributed by atoms with Gasteiger partial charge in [0, 0.05) is 18.8 Å². The summed E-state index contributed by atoms with van der Waals surface area (Å²) >= 11 is 13.2. The van der Waals surface area contributed by atoms with Crippen molar-refractivity contribution in [1.29, 1.82) is 0 Å². The molecule has 0 aliphatic rings. The number of carbonyl (C=O) groups is 2. The minimum Gasteiger partial charge on any atom is -0.346 e. The molecule has 2 aromatic heterocycles. The van der Waals surface area contributed by atoms with Crippen molar-refractivity contribution in [2.45, 2.75) is 90.1 Å². The Morgan fingerprint density at radius 2 is 1.68 bits per heavy atom. The Kier molecular flexibility index (Phi) is 11.9. The Bertz CT molecular complexity index is 1050. The fourth-order valence-corrected chi connectivity index (χ4v) is 5.87. The summed E-state index contributed by atoms with van der Waals surface area (Å²) in [5.41, 5.74) is 0.596. The number of hydrogen-bond donors (Lipinski definition) is 2. The van der Waals surface area contributed by atoms with Gasteiger partial charge < -0.3 is 20.1 Å². The lowest BCUT2D eigenvalue weighted by atomic mass is 9.84. The highest BCUT2D eigenvalue weighted by atomic mass is 35.5. The van der Waals surface area contributed by atoms with Crippen LogP contribution in [0.1, 0.15) is 106 Å². The Labute approximate surface area is 236 Å². The summed E-state index contributed by atoms with van der Waals surface area (Å²) in [5, 5.41) is 6.71. The fourth-order valence-electron chi connectivity index (χ4n) is 4.87. The van der Waals surface area contributed by atoms with Crippen molar-refractivity contribution in [3.05, 3.63) is 38.6 Å². The molecule has 2 heterocycles. The van der Waals surface area contributed by atoms with Crippen molar-refractivity contribution in [3.8, 4) is 0 Å². The largest absolute Gasteiger partial charge is 0.346 e. The average molecular weight is 573 g/mol. The summed E-state index contributed by atoms with van der Waals surface area (Å²) in [6, 6.07) is 1.90. The molecule has 2 rings (SSSR count). The van der Waals surface area contributed by atoms with E-state index in [0.717, 1.165) is 68.6 Å². The normalized spacial score (nSPS) is 13.6. The number of rotatable bonds is 15. The molecule has 0 aliphatic heterocycles. The SMILES string of the molecule is CCCCC(C)(NC(=O)c1nsc(Cl)c1Cl)c1cc(C(=O)NC(CCC)(CCC)CCN(C)C)n(C)c1. The average Bonchev–Trinajstić information content (AvgIpc) is 3.39. The van der Waals surface area contributed by atoms with Gasteiger partial charge in [-0.1, -0.05) is 69.7 Å². The number of nitrogens with zero attached hydrogens (tertiary/aromatic N) is 3. The number of amides is 2. The molecule has 0 radical (unpaired) electrons. The molecule has 2 N–H and O–H groups in total. The summed E-state index contributed by atoms with van der Waals surface area (Å²) in [5.74, 6) is -0.469. The summed E-state index contributed by atoms with van der Waals surface area (Å²) in [4.78, 5) is 28.9. The zero-order valence-electron chi connectivity index (χ0n) is 23.3. The van der Waals surface area contributed by atoms with Crippen molar-refractivity contribution in [1.82, 2.24) is 24.5 Å². The Hall–Kier alpha value is -1.61. The molecule has 1 atom stereocenters. The Morgan fingerprint density at radius 3 is 2.19 bits per heavy atom. The molecule has 208 valence electrons. The lowest BCUT2D eigenvalue weighted by Crippen LogP contribution is -2.50. The van der Waals surface area contributed by atoms with Crippen LogP contribution in [0.4, 0.5) is 0 Å². The number of halogens is 2. The summed E-state index contributed by atoms with van der Waals surface area (Å²) in [6.07, 6.45) is 9.25. The van der Waals surface area contributed by atoms with Crippen LogP contribution in [0.5, 0.6) is 0 Å². The van der Waals surface area contributed by atoms with Gasteiger partial charge in [-0.25, -0.2) is 0 Å². The van der Waals surface area contributed by atoms with Crippen LogP contribution in [-0.2, 0) is 12.6 Å². The number of carbonyl (C=O) groups excluding carboxylic acids is 2. The third-order valence-electron chi connectivity index (χ3n) is 6.98. The lowest BCUT2D eigenvalue weighted by Gasteiger charge is -2.36. The maximum Gasteiger partial charge on any atom is 0.273 e. The highest BCUT2D eigenvalue weighted by molar-refractivity contribution is 7.11. The third kappa shape index (κ3) is 8.19. The highest BCUT2D eigenvalue weighted by Gasteiger charge is 2.35. The molecule has 0 aliphatic carbocycles. The van der Waals surface area contributed by atoms with E-state index < -0.39 is 5.54 Å². The second kappa shape index (κ2) is 14.0. The molecule has 10 heteroatoms. The molecular formula is C27H43Cl2N5O2S. The van der Waals surface area contributed by atoms with Crippen LogP contribution in [0, 0.1) is 0 Å².